The lowest BCUT2D eigenvalue weighted by molar-refractivity contribution is -0.119. The van der Waals surface area contributed by atoms with Crippen LogP contribution in [0.3, 0.4) is 0 Å². The van der Waals surface area contributed by atoms with Crippen LogP contribution < -0.4 is 26.2 Å². The van der Waals surface area contributed by atoms with E-state index in [0.717, 1.165) is 19.3 Å². The van der Waals surface area contributed by atoms with Gasteiger partial charge >= 0.3 is 0 Å². The van der Waals surface area contributed by atoms with Crippen molar-refractivity contribution in [1.29, 1.82) is 0 Å². The standard InChI is InChI=1S/C23H32ClN5O4/c1-5-7-8-11-25-22-23(32)29(6-2)15(3)21(28-22)27-20(31)14-33-19-10-9-18(24)12-17(19)13-26-16(4)30/h9-10,12H,5-8,11,13-14H2,1-4H3,(H,25,28)(H,26,30)(H,27,31). The van der Waals surface area contributed by atoms with Crippen LogP contribution in [0.1, 0.15) is 51.3 Å². The van der Waals surface area contributed by atoms with Gasteiger partial charge in [0.2, 0.25) is 5.91 Å². The Bertz CT molecular complexity index is 1040. The van der Waals surface area contributed by atoms with Crippen molar-refractivity contribution in [2.75, 3.05) is 23.8 Å². The van der Waals surface area contributed by atoms with E-state index in [0.29, 0.717) is 40.9 Å². The highest BCUT2D eigenvalue weighted by molar-refractivity contribution is 6.30. The van der Waals surface area contributed by atoms with Gasteiger partial charge in [-0.05, 0) is 38.5 Å². The molecule has 0 bridgehead atoms. The van der Waals surface area contributed by atoms with Gasteiger partial charge in [0, 0.05) is 37.1 Å². The molecule has 0 aliphatic carbocycles. The minimum absolute atomic E-state index is 0.189. The summed E-state index contributed by atoms with van der Waals surface area (Å²) in [5.74, 6) is 0.335. The predicted octanol–water partition coefficient (Wildman–Crippen LogP) is 3.48. The van der Waals surface area contributed by atoms with Gasteiger partial charge in [-0.3, -0.25) is 14.4 Å². The normalized spacial score (nSPS) is 10.6. The van der Waals surface area contributed by atoms with Crippen molar-refractivity contribution in [2.24, 2.45) is 0 Å². The van der Waals surface area contributed by atoms with Gasteiger partial charge in [-0.25, -0.2) is 4.98 Å². The number of ether oxygens (including phenoxy) is 1. The van der Waals surface area contributed by atoms with Crippen LogP contribution >= 0.6 is 11.6 Å². The molecule has 2 aromatic rings. The minimum Gasteiger partial charge on any atom is -0.483 e. The Balaban J connectivity index is 2.12. The molecule has 3 N–H and O–H groups in total. The number of unbranched alkanes of at least 4 members (excludes halogenated alkanes) is 2. The Morgan fingerprint density at radius 3 is 2.61 bits per heavy atom. The fourth-order valence-electron chi connectivity index (χ4n) is 3.20. The molecule has 1 aromatic heterocycles. The van der Waals surface area contributed by atoms with Crippen molar-refractivity contribution in [3.8, 4) is 5.75 Å². The quantitative estimate of drug-likeness (QED) is 0.403. The first-order chi connectivity index (χ1) is 15.8. The number of aromatic nitrogens is 2. The topological polar surface area (TPSA) is 114 Å². The van der Waals surface area contributed by atoms with Crippen molar-refractivity contribution < 1.29 is 14.3 Å². The molecule has 1 heterocycles. The fraction of sp³-hybridized carbons (Fsp3) is 0.478. The van der Waals surface area contributed by atoms with Gasteiger partial charge in [0.25, 0.3) is 11.5 Å². The Morgan fingerprint density at radius 1 is 1.18 bits per heavy atom. The number of carbonyl (C=O) groups excluding carboxylic acids is 2. The molecule has 0 unspecified atom stereocenters. The van der Waals surface area contributed by atoms with Crippen LogP contribution in [-0.2, 0) is 22.7 Å². The van der Waals surface area contributed by atoms with Crippen LogP contribution in [0.4, 0.5) is 11.6 Å². The Hall–Kier alpha value is -3.07. The lowest BCUT2D eigenvalue weighted by Crippen LogP contribution is -2.30. The third-order valence-corrected chi connectivity index (χ3v) is 5.21. The summed E-state index contributed by atoms with van der Waals surface area (Å²) >= 11 is 6.04. The molecule has 0 spiro atoms. The van der Waals surface area contributed by atoms with E-state index in [9.17, 15) is 14.4 Å². The van der Waals surface area contributed by atoms with Crippen molar-refractivity contribution in [2.45, 2.75) is 60.0 Å². The van der Waals surface area contributed by atoms with E-state index in [1.165, 1.54) is 6.92 Å². The molecule has 0 aliphatic heterocycles. The number of halogens is 1. The summed E-state index contributed by atoms with van der Waals surface area (Å²) in [7, 11) is 0. The van der Waals surface area contributed by atoms with Gasteiger partial charge in [0.1, 0.15) is 5.75 Å². The largest absolute Gasteiger partial charge is 0.483 e. The van der Waals surface area contributed by atoms with Crippen LogP contribution in [0.15, 0.2) is 23.0 Å². The maximum Gasteiger partial charge on any atom is 0.293 e. The van der Waals surface area contributed by atoms with Gasteiger partial charge in [0.05, 0.1) is 5.69 Å². The summed E-state index contributed by atoms with van der Waals surface area (Å²) in [6.45, 7) is 8.15. The molecule has 10 heteroatoms. The second-order valence-electron chi connectivity index (χ2n) is 7.58. The van der Waals surface area contributed by atoms with Crippen molar-refractivity contribution in [3.05, 3.63) is 44.8 Å². The summed E-state index contributed by atoms with van der Waals surface area (Å²) in [6, 6.07) is 4.96. The van der Waals surface area contributed by atoms with E-state index < -0.39 is 5.91 Å². The number of anilines is 2. The third kappa shape index (κ3) is 7.78. The lowest BCUT2D eigenvalue weighted by Gasteiger charge is -2.16. The summed E-state index contributed by atoms with van der Waals surface area (Å²) in [5.41, 5.74) is 0.996. The number of hydrogen-bond donors (Lipinski definition) is 3. The highest BCUT2D eigenvalue weighted by Gasteiger charge is 2.16. The summed E-state index contributed by atoms with van der Waals surface area (Å²) in [4.78, 5) is 40.9. The summed E-state index contributed by atoms with van der Waals surface area (Å²) < 4.78 is 7.23. The first-order valence-electron chi connectivity index (χ1n) is 11.1. The van der Waals surface area contributed by atoms with E-state index >= 15 is 0 Å². The van der Waals surface area contributed by atoms with Gasteiger partial charge in [-0.1, -0.05) is 31.4 Å². The number of hydrogen-bond acceptors (Lipinski definition) is 6. The van der Waals surface area contributed by atoms with Crippen LogP contribution in [0, 0.1) is 6.92 Å². The number of amides is 2. The Morgan fingerprint density at radius 2 is 1.94 bits per heavy atom. The van der Waals surface area contributed by atoms with E-state index in [2.05, 4.69) is 27.9 Å². The molecule has 0 aliphatic rings. The number of rotatable bonds is 12. The fourth-order valence-corrected chi connectivity index (χ4v) is 3.40. The molecule has 0 fully saturated rings. The van der Waals surface area contributed by atoms with Crippen LogP contribution in [-0.4, -0.2) is 34.5 Å². The number of nitrogens with zero attached hydrogens (tertiary/aromatic N) is 2. The van der Waals surface area contributed by atoms with Crippen LogP contribution in [0.2, 0.25) is 5.02 Å². The SMILES string of the molecule is CCCCCNc1nc(NC(=O)COc2ccc(Cl)cc2CNC(C)=O)c(C)n(CC)c1=O. The molecule has 2 rings (SSSR count). The monoisotopic (exact) mass is 477 g/mol. The zero-order valence-corrected chi connectivity index (χ0v) is 20.3. The van der Waals surface area contributed by atoms with Crippen molar-refractivity contribution in [1.82, 2.24) is 14.9 Å². The molecule has 0 atom stereocenters. The third-order valence-electron chi connectivity index (χ3n) is 4.97. The van der Waals surface area contributed by atoms with E-state index in [4.69, 9.17) is 16.3 Å². The van der Waals surface area contributed by atoms with Gasteiger partial charge in [-0.15, -0.1) is 0 Å². The van der Waals surface area contributed by atoms with Crippen molar-refractivity contribution in [3.63, 3.8) is 0 Å². The molecule has 180 valence electrons. The first kappa shape index (κ1) is 26.2. The maximum absolute atomic E-state index is 12.7. The zero-order valence-electron chi connectivity index (χ0n) is 19.6. The molecule has 9 nitrogen and oxygen atoms in total. The number of benzene rings is 1. The first-order valence-corrected chi connectivity index (χ1v) is 11.4. The highest BCUT2D eigenvalue weighted by Crippen LogP contribution is 2.23. The molecule has 0 radical (unpaired) electrons. The second kappa shape index (κ2) is 12.8. The van der Waals surface area contributed by atoms with E-state index in [1.54, 1.807) is 29.7 Å². The summed E-state index contributed by atoms with van der Waals surface area (Å²) in [6.07, 6.45) is 3.05. The average molecular weight is 478 g/mol. The van der Waals surface area contributed by atoms with Gasteiger partial charge in [0.15, 0.2) is 18.2 Å². The average Bonchev–Trinajstić information content (AvgIpc) is 2.77. The van der Waals surface area contributed by atoms with Crippen LogP contribution in [0.5, 0.6) is 5.75 Å². The molecule has 2 amide bonds. The zero-order chi connectivity index (χ0) is 24.4. The van der Waals surface area contributed by atoms with E-state index in [-0.39, 0.29) is 30.4 Å². The minimum atomic E-state index is -0.427. The predicted molar refractivity (Wildman–Crippen MR) is 130 cm³/mol. The highest BCUT2D eigenvalue weighted by atomic mass is 35.5. The van der Waals surface area contributed by atoms with E-state index in [1.807, 2.05) is 6.92 Å². The van der Waals surface area contributed by atoms with Gasteiger partial charge < -0.3 is 25.3 Å². The Labute approximate surface area is 198 Å². The second-order valence-corrected chi connectivity index (χ2v) is 8.01. The number of carbonyl (C=O) groups is 2. The smallest absolute Gasteiger partial charge is 0.293 e. The molecular formula is C23H32ClN5O4. The molecule has 0 saturated carbocycles. The maximum atomic E-state index is 12.7. The molecule has 1 aromatic carbocycles. The molecule has 33 heavy (non-hydrogen) atoms. The van der Waals surface area contributed by atoms with Gasteiger partial charge in [-0.2, -0.15) is 0 Å². The lowest BCUT2D eigenvalue weighted by atomic mass is 10.2. The van der Waals surface area contributed by atoms with Crippen molar-refractivity contribution >= 4 is 35.1 Å². The number of nitrogens with one attached hydrogen (secondary N) is 3. The molecule has 0 saturated heterocycles. The Kier molecular flexibility index (Phi) is 10.2. The summed E-state index contributed by atoms with van der Waals surface area (Å²) in [5, 5.41) is 9.00. The van der Waals surface area contributed by atoms with Crippen LogP contribution in [0.25, 0.3) is 0 Å². The molecular weight excluding hydrogens is 446 g/mol.